The van der Waals surface area contributed by atoms with Crippen LogP contribution in [-0.4, -0.2) is 36.3 Å². The first kappa shape index (κ1) is 17.4. The van der Waals surface area contributed by atoms with Crippen molar-refractivity contribution in [3.63, 3.8) is 0 Å². The molecule has 1 aromatic carbocycles. The predicted molar refractivity (Wildman–Crippen MR) is 93.7 cm³/mol. The van der Waals surface area contributed by atoms with E-state index in [1.165, 1.54) is 0 Å². The normalized spacial score (nSPS) is 19.6. The molecular formula is C18H19NO5S. The molecule has 7 heteroatoms. The predicted octanol–water partition coefficient (Wildman–Crippen LogP) is 2.67. The summed E-state index contributed by atoms with van der Waals surface area (Å²) in [6, 6.07) is 11.8. The highest BCUT2D eigenvalue weighted by molar-refractivity contribution is 7.15. The highest BCUT2D eigenvalue weighted by Gasteiger charge is 2.34. The van der Waals surface area contributed by atoms with Gasteiger partial charge in [0.2, 0.25) is 5.91 Å². The summed E-state index contributed by atoms with van der Waals surface area (Å²) in [5, 5.41) is 11.7. The molecule has 0 aliphatic carbocycles. The summed E-state index contributed by atoms with van der Waals surface area (Å²) < 4.78 is 10.4. The first-order valence-corrected chi connectivity index (χ1v) is 8.77. The molecular weight excluding hydrogens is 342 g/mol. The maximum absolute atomic E-state index is 12.1. The van der Waals surface area contributed by atoms with E-state index in [-0.39, 0.29) is 5.91 Å². The van der Waals surface area contributed by atoms with Crippen LogP contribution in [0.4, 0.5) is 0 Å². The standard InChI is InChI=1S/C18H19NO5S/c1-23-12-4-2-11(3-5-12)16-9-6-13(25-16)10-19-17(20)14-7-8-15(24-14)18(21)22/h2-6,9,14-15H,7-8,10H2,1H3,(H,19,20)(H,21,22)/t14-,15+/m0/s1. The summed E-state index contributed by atoms with van der Waals surface area (Å²) >= 11 is 1.60. The molecule has 1 aliphatic heterocycles. The Bertz CT molecular complexity index is 755. The van der Waals surface area contributed by atoms with Gasteiger partial charge in [-0.3, -0.25) is 4.79 Å². The van der Waals surface area contributed by atoms with Gasteiger partial charge in [-0.15, -0.1) is 11.3 Å². The molecule has 1 saturated heterocycles. The van der Waals surface area contributed by atoms with Crippen molar-refractivity contribution < 1.29 is 24.2 Å². The summed E-state index contributed by atoms with van der Waals surface area (Å²) in [5.74, 6) is -0.468. The largest absolute Gasteiger partial charge is 0.497 e. The number of aliphatic carboxylic acids is 1. The number of hydrogen-bond donors (Lipinski definition) is 2. The molecule has 1 amide bonds. The zero-order valence-corrected chi connectivity index (χ0v) is 14.5. The number of benzene rings is 1. The van der Waals surface area contributed by atoms with Crippen LogP contribution in [0.5, 0.6) is 5.75 Å². The molecule has 3 rings (SSSR count). The van der Waals surface area contributed by atoms with E-state index in [2.05, 4.69) is 5.32 Å². The van der Waals surface area contributed by atoms with Crippen molar-refractivity contribution in [2.45, 2.75) is 31.6 Å². The van der Waals surface area contributed by atoms with Crippen molar-refractivity contribution in [2.24, 2.45) is 0 Å². The van der Waals surface area contributed by atoms with Crippen molar-refractivity contribution in [2.75, 3.05) is 7.11 Å². The molecule has 0 saturated carbocycles. The van der Waals surface area contributed by atoms with Gasteiger partial charge in [-0.2, -0.15) is 0 Å². The van der Waals surface area contributed by atoms with Crippen LogP contribution in [0, 0.1) is 0 Å². The molecule has 132 valence electrons. The number of carbonyl (C=O) groups is 2. The van der Waals surface area contributed by atoms with Crippen LogP contribution in [0.25, 0.3) is 10.4 Å². The fourth-order valence-corrected chi connectivity index (χ4v) is 3.64. The second-order valence-corrected chi connectivity index (χ2v) is 6.91. The Morgan fingerprint density at radius 1 is 1.20 bits per heavy atom. The lowest BCUT2D eigenvalue weighted by Crippen LogP contribution is -2.35. The maximum Gasteiger partial charge on any atom is 0.332 e. The second-order valence-electron chi connectivity index (χ2n) is 5.74. The zero-order chi connectivity index (χ0) is 17.8. The first-order valence-electron chi connectivity index (χ1n) is 7.96. The van der Waals surface area contributed by atoms with Gasteiger partial charge in [0.25, 0.3) is 0 Å². The van der Waals surface area contributed by atoms with Gasteiger partial charge in [0.1, 0.15) is 11.9 Å². The number of amides is 1. The van der Waals surface area contributed by atoms with Gasteiger partial charge in [-0.25, -0.2) is 4.79 Å². The van der Waals surface area contributed by atoms with Crippen LogP contribution in [-0.2, 0) is 20.9 Å². The van der Waals surface area contributed by atoms with E-state index in [1.54, 1.807) is 18.4 Å². The van der Waals surface area contributed by atoms with Crippen molar-refractivity contribution in [1.29, 1.82) is 0 Å². The Morgan fingerprint density at radius 2 is 1.92 bits per heavy atom. The Hall–Kier alpha value is -2.38. The molecule has 1 aliphatic rings. The number of hydrogen-bond acceptors (Lipinski definition) is 5. The average Bonchev–Trinajstić information content (AvgIpc) is 3.29. The SMILES string of the molecule is COc1ccc(-c2ccc(CNC(=O)[C@@H]3CC[C@H](C(=O)O)O3)s2)cc1. The summed E-state index contributed by atoms with van der Waals surface area (Å²) in [6.07, 6.45) is -0.750. The van der Waals surface area contributed by atoms with Crippen LogP contribution in [0.2, 0.25) is 0 Å². The number of ether oxygens (including phenoxy) is 2. The van der Waals surface area contributed by atoms with Crippen LogP contribution in [0.15, 0.2) is 36.4 Å². The monoisotopic (exact) mass is 361 g/mol. The third kappa shape index (κ3) is 4.18. The fourth-order valence-electron chi connectivity index (χ4n) is 2.68. The summed E-state index contributed by atoms with van der Waals surface area (Å²) in [4.78, 5) is 25.1. The van der Waals surface area contributed by atoms with Gasteiger partial charge in [-0.1, -0.05) is 0 Å². The number of carboxylic acids is 1. The molecule has 25 heavy (non-hydrogen) atoms. The molecule has 0 bridgehead atoms. The molecule has 0 unspecified atom stereocenters. The molecule has 2 N–H and O–H groups in total. The smallest absolute Gasteiger partial charge is 0.332 e. The zero-order valence-electron chi connectivity index (χ0n) is 13.7. The van der Waals surface area contributed by atoms with Gasteiger partial charge < -0.3 is 19.9 Å². The van der Waals surface area contributed by atoms with Crippen LogP contribution in [0.3, 0.4) is 0 Å². The molecule has 0 spiro atoms. The Labute approximate surface area is 149 Å². The van der Waals surface area contributed by atoms with Gasteiger partial charge in [-0.05, 0) is 54.8 Å². The summed E-state index contributed by atoms with van der Waals surface area (Å²) in [5.41, 5.74) is 1.09. The molecule has 0 radical (unpaired) electrons. The van der Waals surface area contributed by atoms with Crippen LogP contribution >= 0.6 is 11.3 Å². The Kier molecular flexibility index (Phi) is 5.35. The van der Waals surface area contributed by atoms with E-state index in [0.29, 0.717) is 19.4 Å². The number of carboxylic acid groups (broad SMARTS) is 1. The second kappa shape index (κ2) is 7.67. The van der Waals surface area contributed by atoms with Crippen molar-refractivity contribution in [3.05, 3.63) is 41.3 Å². The fraction of sp³-hybridized carbons (Fsp3) is 0.333. The Morgan fingerprint density at radius 3 is 2.56 bits per heavy atom. The van der Waals surface area contributed by atoms with Crippen LogP contribution in [0.1, 0.15) is 17.7 Å². The van der Waals surface area contributed by atoms with Gasteiger partial charge in [0.15, 0.2) is 6.10 Å². The number of nitrogens with one attached hydrogen (secondary N) is 1. The highest BCUT2D eigenvalue weighted by atomic mass is 32.1. The van der Waals surface area contributed by atoms with Crippen molar-refractivity contribution in [1.82, 2.24) is 5.32 Å². The quantitative estimate of drug-likeness (QED) is 0.826. The van der Waals surface area contributed by atoms with Gasteiger partial charge in [0.05, 0.1) is 13.7 Å². The van der Waals surface area contributed by atoms with E-state index < -0.39 is 18.2 Å². The lowest BCUT2D eigenvalue weighted by molar-refractivity contribution is -0.151. The number of carbonyl (C=O) groups excluding carboxylic acids is 1. The van der Waals surface area contributed by atoms with E-state index >= 15 is 0 Å². The van der Waals surface area contributed by atoms with Gasteiger partial charge >= 0.3 is 5.97 Å². The maximum atomic E-state index is 12.1. The number of rotatable bonds is 6. The first-order chi connectivity index (χ1) is 12.1. The average molecular weight is 361 g/mol. The third-order valence-corrected chi connectivity index (χ3v) is 5.19. The molecule has 2 heterocycles. The third-order valence-electron chi connectivity index (χ3n) is 4.06. The minimum atomic E-state index is -1.02. The minimum Gasteiger partial charge on any atom is -0.497 e. The van der Waals surface area contributed by atoms with E-state index in [9.17, 15) is 9.59 Å². The van der Waals surface area contributed by atoms with Gasteiger partial charge in [0, 0.05) is 9.75 Å². The lowest BCUT2D eigenvalue weighted by atomic mass is 10.2. The molecule has 1 fully saturated rings. The topological polar surface area (TPSA) is 84.9 Å². The summed E-state index contributed by atoms with van der Waals surface area (Å²) in [6.45, 7) is 0.400. The van der Waals surface area contributed by atoms with Crippen molar-refractivity contribution >= 4 is 23.2 Å². The van der Waals surface area contributed by atoms with E-state index in [1.807, 2.05) is 36.4 Å². The van der Waals surface area contributed by atoms with Crippen molar-refractivity contribution in [3.8, 4) is 16.2 Å². The molecule has 6 nitrogen and oxygen atoms in total. The van der Waals surface area contributed by atoms with E-state index in [4.69, 9.17) is 14.6 Å². The Balaban J connectivity index is 1.55. The molecule has 2 aromatic rings. The molecule has 2 atom stereocenters. The molecule has 1 aromatic heterocycles. The summed E-state index contributed by atoms with van der Waals surface area (Å²) in [7, 11) is 1.63. The minimum absolute atomic E-state index is 0.261. The number of thiophene rings is 1. The lowest BCUT2D eigenvalue weighted by Gasteiger charge is -2.11. The van der Waals surface area contributed by atoms with E-state index in [0.717, 1.165) is 21.1 Å². The highest BCUT2D eigenvalue weighted by Crippen LogP contribution is 2.29. The van der Waals surface area contributed by atoms with Crippen LogP contribution < -0.4 is 10.1 Å². The number of methoxy groups -OCH3 is 1.